The summed E-state index contributed by atoms with van der Waals surface area (Å²) in [4.78, 5) is 42.5. The highest BCUT2D eigenvalue weighted by Crippen LogP contribution is 2.20. The first-order valence-corrected chi connectivity index (χ1v) is 6.69. The van der Waals surface area contributed by atoms with Gasteiger partial charge in [0.2, 0.25) is 0 Å². The van der Waals surface area contributed by atoms with Crippen LogP contribution in [0, 0.1) is 11.8 Å². The van der Waals surface area contributed by atoms with E-state index >= 15 is 0 Å². The molecule has 21 heavy (non-hydrogen) atoms. The van der Waals surface area contributed by atoms with Gasteiger partial charge in [-0.2, -0.15) is 0 Å². The molecule has 2 rings (SSSR count). The maximum Gasteiger partial charge on any atom is 0.317 e. The van der Waals surface area contributed by atoms with Crippen LogP contribution in [0.4, 0.5) is 0 Å². The predicted molar refractivity (Wildman–Crippen MR) is 72.7 cm³/mol. The molecule has 0 spiro atoms. The Labute approximate surface area is 122 Å². The van der Waals surface area contributed by atoms with E-state index in [1.807, 2.05) is 19.1 Å². The standard InChI is InChI=1S/C8H10O3.C7H8O3/c1-2-3-4-6-5-7(9)11-8(6)10;1-2-3-5-4-6(8)10-7(5)9/h2-3,6H,4-5H2,1H3;2,5H,1,3-4H2. The van der Waals surface area contributed by atoms with E-state index in [1.54, 1.807) is 6.08 Å². The summed E-state index contributed by atoms with van der Waals surface area (Å²) in [6.07, 6.45) is 6.94. The zero-order valence-corrected chi connectivity index (χ0v) is 11.9. The Morgan fingerprint density at radius 1 is 1.00 bits per heavy atom. The van der Waals surface area contributed by atoms with E-state index in [1.165, 1.54) is 0 Å². The maximum absolute atomic E-state index is 10.8. The molecule has 2 heterocycles. The lowest BCUT2D eigenvalue weighted by molar-refractivity contribution is -0.154. The molecular weight excluding hydrogens is 276 g/mol. The first-order chi connectivity index (χ1) is 9.97. The Balaban J connectivity index is 0.000000211. The molecule has 2 saturated heterocycles. The van der Waals surface area contributed by atoms with Crippen molar-refractivity contribution in [3.8, 4) is 0 Å². The summed E-state index contributed by atoms with van der Waals surface area (Å²) in [6.45, 7) is 5.34. The normalized spacial score (nSPS) is 24.6. The highest BCUT2D eigenvalue weighted by atomic mass is 16.6. The molecule has 0 aromatic rings. The number of hydrogen-bond acceptors (Lipinski definition) is 6. The second-order valence-corrected chi connectivity index (χ2v) is 4.72. The van der Waals surface area contributed by atoms with Gasteiger partial charge in [0, 0.05) is 0 Å². The van der Waals surface area contributed by atoms with E-state index < -0.39 is 17.9 Å². The van der Waals surface area contributed by atoms with Gasteiger partial charge >= 0.3 is 23.9 Å². The number of cyclic esters (lactones) is 4. The average molecular weight is 294 g/mol. The van der Waals surface area contributed by atoms with Crippen molar-refractivity contribution in [3.05, 3.63) is 24.8 Å². The van der Waals surface area contributed by atoms with Crippen LogP contribution in [0.5, 0.6) is 0 Å². The van der Waals surface area contributed by atoms with Crippen LogP contribution in [-0.4, -0.2) is 23.9 Å². The predicted octanol–water partition coefficient (Wildman–Crippen LogP) is 1.69. The zero-order chi connectivity index (χ0) is 15.8. The lowest BCUT2D eigenvalue weighted by Crippen LogP contribution is -2.05. The van der Waals surface area contributed by atoms with Crippen molar-refractivity contribution in [3.63, 3.8) is 0 Å². The first-order valence-electron chi connectivity index (χ1n) is 6.69. The molecule has 0 radical (unpaired) electrons. The van der Waals surface area contributed by atoms with E-state index in [4.69, 9.17) is 0 Å². The molecule has 0 aliphatic carbocycles. The van der Waals surface area contributed by atoms with Crippen molar-refractivity contribution < 1.29 is 28.7 Å². The number of rotatable bonds is 4. The van der Waals surface area contributed by atoms with Crippen LogP contribution in [0.25, 0.3) is 0 Å². The van der Waals surface area contributed by atoms with Crippen molar-refractivity contribution in [2.24, 2.45) is 11.8 Å². The van der Waals surface area contributed by atoms with Gasteiger partial charge in [0.25, 0.3) is 0 Å². The number of ether oxygens (including phenoxy) is 2. The fourth-order valence-corrected chi connectivity index (χ4v) is 1.90. The fourth-order valence-electron chi connectivity index (χ4n) is 1.90. The molecule has 2 unspecified atom stereocenters. The lowest BCUT2D eigenvalue weighted by Gasteiger charge is -1.96. The maximum atomic E-state index is 10.8. The number of carbonyl (C=O) groups excluding carboxylic acids is 4. The number of allylic oxidation sites excluding steroid dienone is 3. The van der Waals surface area contributed by atoms with Crippen LogP contribution in [0.1, 0.15) is 32.6 Å². The van der Waals surface area contributed by atoms with Gasteiger partial charge in [0.15, 0.2) is 0 Å². The van der Waals surface area contributed by atoms with Gasteiger partial charge in [-0.3, -0.25) is 19.2 Å². The SMILES string of the molecule is C=CCC1CC(=O)OC1=O.CC=CCC1CC(=O)OC1=O. The third kappa shape index (κ3) is 5.33. The summed E-state index contributed by atoms with van der Waals surface area (Å²) >= 11 is 0. The van der Waals surface area contributed by atoms with Crippen LogP contribution >= 0.6 is 0 Å². The summed E-state index contributed by atoms with van der Waals surface area (Å²) in [6, 6.07) is 0. The molecule has 2 fully saturated rings. The molecule has 0 amide bonds. The molecule has 2 aliphatic heterocycles. The van der Waals surface area contributed by atoms with Crippen molar-refractivity contribution >= 4 is 23.9 Å². The molecule has 0 N–H and O–H groups in total. The van der Waals surface area contributed by atoms with E-state index in [0.717, 1.165) is 0 Å². The van der Waals surface area contributed by atoms with Crippen molar-refractivity contribution in [1.29, 1.82) is 0 Å². The lowest BCUT2D eigenvalue weighted by atomic mass is 10.0. The van der Waals surface area contributed by atoms with E-state index in [9.17, 15) is 19.2 Å². The third-order valence-electron chi connectivity index (χ3n) is 3.03. The second-order valence-electron chi connectivity index (χ2n) is 4.72. The molecule has 114 valence electrons. The number of carbonyl (C=O) groups is 4. The fraction of sp³-hybridized carbons (Fsp3) is 0.467. The minimum atomic E-state index is -0.420. The topological polar surface area (TPSA) is 86.7 Å². The minimum Gasteiger partial charge on any atom is -0.393 e. The molecule has 0 saturated carbocycles. The third-order valence-corrected chi connectivity index (χ3v) is 3.03. The van der Waals surface area contributed by atoms with Gasteiger partial charge in [-0.15, -0.1) is 6.58 Å². The van der Waals surface area contributed by atoms with Crippen LogP contribution in [-0.2, 0) is 28.7 Å². The molecule has 0 aromatic heterocycles. The van der Waals surface area contributed by atoms with Crippen molar-refractivity contribution in [2.75, 3.05) is 0 Å². The van der Waals surface area contributed by atoms with Crippen LogP contribution in [0.2, 0.25) is 0 Å². The van der Waals surface area contributed by atoms with E-state index in [2.05, 4.69) is 16.1 Å². The molecule has 2 aliphatic rings. The Bertz CT molecular complexity index is 477. The Hall–Kier alpha value is -2.24. The van der Waals surface area contributed by atoms with Gasteiger partial charge < -0.3 is 9.47 Å². The number of hydrogen-bond donors (Lipinski definition) is 0. The Kier molecular flexibility index (Phi) is 6.52. The highest BCUT2D eigenvalue weighted by molar-refractivity contribution is 5.95. The first kappa shape index (κ1) is 16.8. The molecule has 0 bridgehead atoms. The van der Waals surface area contributed by atoms with Gasteiger partial charge in [0.05, 0.1) is 24.7 Å². The summed E-state index contributed by atoms with van der Waals surface area (Å²) in [5, 5.41) is 0. The van der Waals surface area contributed by atoms with Gasteiger partial charge in [-0.1, -0.05) is 18.2 Å². The van der Waals surface area contributed by atoms with Crippen molar-refractivity contribution in [1.82, 2.24) is 0 Å². The largest absolute Gasteiger partial charge is 0.393 e. The number of esters is 4. The average Bonchev–Trinajstić information content (AvgIpc) is 2.90. The Morgan fingerprint density at radius 3 is 1.81 bits per heavy atom. The van der Waals surface area contributed by atoms with Gasteiger partial charge in [0.1, 0.15) is 0 Å². The Morgan fingerprint density at radius 2 is 1.48 bits per heavy atom. The van der Waals surface area contributed by atoms with Gasteiger partial charge in [-0.05, 0) is 19.8 Å². The van der Waals surface area contributed by atoms with E-state index in [-0.39, 0.29) is 30.6 Å². The second kappa shape index (κ2) is 8.14. The quantitative estimate of drug-likeness (QED) is 0.445. The smallest absolute Gasteiger partial charge is 0.317 e. The molecule has 2 atom stereocenters. The monoisotopic (exact) mass is 294 g/mol. The summed E-state index contributed by atoms with van der Waals surface area (Å²) < 4.78 is 8.66. The summed E-state index contributed by atoms with van der Waals surface area (Å²) in [5.41, 5.74) is 0. The van der Waals surface area contributed by atoms with Gasteiger partial charge in [-0.25, -0.2) is 0 Å². The van der Waals surface area contributed by atoms with Crippen LogP contribution < -0.4 is 0 Å². The molecular formula is C15H18O6. The molecule has 0 aromatic carbocycles. The summed E-state index contributed by atoms with van der Waals surface area (Å²) in [5.74, 6) is -2.12. The van der Waals surface area contributed by atoms with Crippen molar-refractivity contribution in [2.45, 2.75) is 32.6 Å². The summed E-state index contributed by atoms with van der Waals surface area (Å²) in [7, 11) is 0. The van der Waals surface area contributed by atoms with Crippen LogP contribution in [0.3, 0.4) is 0 Å². The van der Waals surface area contributed by atoms with Crippen LogP contribution in [0.15, 0.2) is 24.8 Å². The zero-order valence-electron chi connectivity index (χ0n) is 11.9. The molecule has 6 nitrogen and oxygen atoms in total. The minimum absolute atomic E-state index is 0.213. The van der Waals surface area contributed by atoms with E-state index in [0.29, 0.717) is 12.8 Å². The highest BCUT2D eigenvalue weighted by Gasteiger charge is 2.32. The molecule has 6 heteroatoms.